The molecule has 0 aliphatic heterocycles. The molecule has 0 spiro atoms. The number of benzene rings is 1. The first-order valence-corrected chi connectivity index (χ1v) is 6.49. The van der Waals surface area contributed by atoms with Crippen molar-refractivity contribution in [2.24, 2.45) is 11.5 Å². The third-order valence-corrected chi connectivity index (χ3v) is 2.56. The van der Waals surface area contributed by atoms with Crippen LogP contribution in [0.3, 0.4) is 0 Å². The Balaban J connectivity index is 2.79. The van der Waals surface area contributed by atoms with Gasteiger partial charge in [0.15, 0.2) is 0 Å². The lowest BCUT2D eigenvalue weighted by molar-refractivity contribution is -0.122. The lowest BCUT2D eigenvalue weighted by Crippen LogP contribution is -2.39. The quantitative estimate of drug-likeness (QED) is 0.570. The summed E-state index contributed by atoms with van der Waals surface area (Å²) in [5.74, 6) is 4.73. The van der Waals surface area contributed by atoms with Gasteiger partial charge in [0, 0.05) is 18.5 Å². The number of carbonyl (C=O) groups excluding carboxylic acids is 2. The van der Waals surface area contributed by atoms with Crippen LogP contribution in [0.1, 0.15) is 17.5 Å². The smallest absolute Gasteiger partial charge is 0.231 e. The molecule has 1 aromatic carbocycles. The maximum absolute atomic E-state index is 11.0. The van der Waals surface area contributed by atoms with Crippen LogP contribution in [-0.4, -0.2) is 41.5 Å². The zero-order valence-corrected chi connectivity index (χ0v) is 11.7. The predicted molar refractivity (Wildman–Crippen MR) is 78.7 cm³/mol. The van der Waals surface area contributed by atoms with Crippen LogP contribution in [0, 0.1) is 11.8 Å². The lowest BCUT2D eigenvalue weighted by Gasteiger charge is -2.19. The molecule has 0 aromatic heterocycles. The molecule has 0 radical (unpaired) electrons. The van der Waals surface area contributed by atoms with E-state index < -0.39 is 11.8 Å². The van der Waals surface area contributed by atoms with E-state index in [0.29, 0.717) is 13.0 Å². The zero-order chi connectivity index (χ0) is 15.7. The average Bonchev–Trinajstić information content (AvgIpc) is 2.38. The van der Waals surface area contributed by atoms with Gasteiger partial charge in [0.25, 0.3) is 0 Å². The van der Waals surface area contributed by atoms with Crippen LogP contribution in [0.5, 0.6) is 0 Å². The maximum Gasteiger partial charge on any atom is 0.231 e. The highest BCUT2D eigenvalue weighted by Crippen LogP contribution is 2.07. The van der Waals surface area contributed by atoms with E-state index in [9.17, 15) is 9.59 Å². The topological polar surface area (TPSA) is 110 Å². The summed E-state index contributed by atoms with van der Waals surface area (Å²) >= 11 is 0. The Morgan fingerprint density at radius 3 is 2.43 bits per heavy atom. The number of nitrogens with two attached hydrogens (primary N) is 2. The molecule has 2 amide bonds. The van der Waals surface area contributed by atoms with Crippen molar-refractivity contribution in [3.63, 3.8) is 0 Å². The third kappa shape index (κ3) is 7.11. The van der Waals surface area contributed by atoms with E-state index in [4.69, 9.17) is 16.6 Å². The first-order valence-electron chi connectivity index (χ1n) is 6.49. The van der Waals surface area contributed by atoms with Crippen LogP contribution in [0.15, 0.2) is 24.3 Å². The minimum atomic E-state index is -0.518. The molecule has 0 saturated heterocycles. The highest BCUT2D eigenvalue weighted by Gasteiger charge is 2.11. The molecular formula is C15H19N3O3. The lowest BCUT2D eigenvalue weighted by atomic mass is 10.1. The van der Waals surface area contributed by atoms with Crippen LogP contribution in [0.2, 0.25) is 0 Å². The minimum Gasteiger partial charge on any atom is -0.395 e. The second kappa shape index (κ2) is 8.74. The molecule has 0 saturated carbocycles. The second-order valence-corrected chi connectivity index (χ2v) is 4.55. The third-order valence-electron chi connectivity index (χ3n) is 2.56. The number of amides is 2. The van der Waals surface area contributed by atoms with Crippen molar-refractivity contribution in [3.05, 3.63) is 35.4 Å². The molecule has 0 unspecified atom stereocenters. The van der Waals surface area contributed by atoms with E-state index >= 15 is 0 Å². The largest absolute Gasteiger partial charge is 0.395 e. The highest BCUT2D eigenvalue weighted by atomic mass is 16.2. The fraction of sp³-hybridized carbons (Fsp3) is 0.333. The first-order chi connectivity index (χ1) is 10.0. The molecule has 1 rings (SSSR count). The van der Waals surface area contributed by atoms with Crippen LogP contribution in [-0.2, 0) is 16.1 Å². The Hall–Kier alpha value is -2.36. The zero-order valence-electron chi connectivity index (χ0n) is 11.7. The molecule has 0 bridgehead atoms. The number of hydrogen-bond donors (Lipinski definition) is 3. The van der Waals surface area contributed by atoms with Crippen molar-refractivity contribution in [3.8, 4) is 11.8 Å². The highest BCUT2D eigenvalue weighted by molar-refractivity contribution is 5.79. The normalized spacial score (nSPS) is 10.0. The van der Waals surface area contributed by atoms with Gasteiger partial charge >= 0.3 is 0 Å². The number of hydrogen-bond acceptors (Lipinski definition) is 4. The van der Waals surface area contributed by atoms with Gasteiger partial charge in [-0.2, -0.15) is 0 Å². The van der Waals surface area contributed by atoms with Gasteiger partial charge in [-0.1, -0.05) is 24.0 Å². The fourth-order valence-electron chi connectivity index (χ4n) is 1.83. The van der Waals surface area contributed by atoms with Crippen molar-refractivity contribution in [2.45, 2.75) is 13.0 Å². The van der Waals surface area contributed by atoms with Crippen molar-refractivity contribution in [2.75, 3.05) is 19.7 Å². The van der Waals surface area contributed by atoms with Crippen molar-refractivity contribution in [1.82, 2.24) is 4.90 Å². The van der Waals surface area contributed by atoms with Gasteiger partial charge in [-0.15, -0.1) is 0 Å². The minimum absolute atomic E-state index is 0.0255. The molecule has 0 fully saturated rings. The number of primary amides is 2. The summed E-state index contributed by atoms with van der Waals surface area (Å²) in [6, 6.07) is 7.41. The molecule has 0 heterocycles. The first kappa shape index (κ1) is 16.7. The van der Waals surface area contributed by atoms with Gasteiger partial charge in [0.05, 0.1) is 19.7 Å². The SMILES string of the molecule is NC(=O)CN(CC(N)=O)Cc1cccc(C#CCCO)c1. The van der Waals surface area contributed by atoms with E-state index in [-0.39, 0.29) is 19.7 Å². The van der Waals surface area contributed by atoms with Crippen molar-refractivity contribution < 1.29 is 14.7 Å². The van der Waals surface area contributed by atoms with E-state index in [1.54, 1.807) is 4.90 Å². The molecule has 21 heavy (non-hydrogen) atoms. The number of rotatable bonds is 7. The molecule has 0 aliphatic rings. The van der Waals surface area contributed by atoms with Crippen LogP contribution in [0.25, 0.3) is 0 Å². The van der Waals surface area contributed by atoms with E-state index in [1.165, 1.54) is 0 Å². The number of aliphatic hydroxyl groups is 1. The van der Waals surface area contributed by atoms with Gasteiger partial charge in [-0.05, 0) is 17.7 Å². The number of nitrogens with zero attached hydrogens (tertiary/aromatic N) is 1. The average molecular weight is 289 g/mol. The number of carbonyl (C=O) groups is 2. The molecule has 112 valence electrons. The van der Waals surface area contributed by atoms with Crippen LogP contribution >= 0.6 is 0 Å². The Morgan fingerprint density at radius 1 is 1.19 bits per heavy atom. The summed E-state index contributed by atoms with van der Waals surface area (Å²) in [5, 5.41) is 8.69. The van der Waals surface area contributed by atoms with Gasteiger partial charge < -0.3 is 16.6 Å². The Morgan fingerprint density at radius 2 is 1.86 bits per heavy atom. The summed E-state index contributed by atoms with van der Waals surface area (Å²) in [5.41, 5.74) is 12.0. The van der Waals surface area contributed by atoms with E-state index in [2.05, 4.69) is 11.8 Å². The molecule has 6 nitrogen and oxygen atoms in total. The molecule has 0 aliphatic carbocycles. The van der Waals surface area contributed by atoms with Gasteiger partial charge in [0.2, 0.25) is 11.8 Å². The van der Waals surface area contributed by atoms with Crippen LogP contribution < -0.4 is 11.5 Å². The van der Waals surface area contributed by atoms with Gasteiger partial charge in [-0.25, -0.2) is 0 Å². The molecular weight excluding hydrogens is 270 g/mol. The summed E-state index contributed by atoms with van der Waals surface area (Å²) in [7, 11) is 0. The van der Waals surface area contributed by atoms with Crippen LogP contribution in [0.4, 0.5) is 0 Å². The molecule has 5 N–H and O–H groups in total. The fourth-order valence-corrected chi connectivity index (χ4v) is 1.83. The molecule has 1 aromatic rings. The second-order valence-electron chi connectivity index (χ2n) is 4.55. The predicted octanol–water partition coefficient (Wildman–Crippen LogP) is -0.807. The summed E-state index contributed by atoms with van der Waals surface area (Å²) in [6.07, 6.45) is 0.416. The Labute approximate surface area is 123 Å². The Kier molecular flexibility index (Phi) is 6.95. The monoisotopic (exact) mass is 289 g/mol. The van der Waals surface area contributed by atoms with Gasteiger partial charge in [-0.3, -0.25) is 14.5 Å². The van der Waals surface area contributed by atoms with Crippen molar-refractivity contribution >= 4 is 11.8 Å². The summed E-state index contributed by atoms with van der Waals surface area (Å²) < 4.78 is 0. The summed E-state index contributed by atoms with van der Waals surface area (Å²) in [6.45, 7) is 0.325. The Bertz CT molecular complexity index is 545. The van der Waals surface area contributed by atoms with E-state index in [0.717, 1.165) is 11.1 Å². The molecule has 0 atom stereocenters. The van der Waals surface area contributed by atoms with E-state index in [1.807, 2.05) is 24.3 Å². The number of aliphatic hydroxyl groups excluding tert-OH is 1. The standard InChI is InChI=1S/C15H19N3O3/c16-14(20)10-18(11-15(17)21)9-13-6-3-5-12(8-13)4-1-2-7-19/h3,5-6,8,19H,2,7,9-11H2,(H2,16,20)(H2,17,21). The summed E-state index contributed by atoms with van der Waals surface area (Å²) in [4.78, 5) is 23.6. The van der Waals surface area contributed by atoms with Crippen molar-refractivity contribution in [1.29, 1.82) is 0 Å². The molecule has 6 heteroatoms. The maximum atomic E-state index is 11.0. The van der Waals surface area contributed by atoms with Gasteiger partial charge in [0.1, 0.15) is 0 Å².